The van der Waals surface area contributed by atoms with Crippen molar-refractivity contribution < 1.29 is 8.83 Å². The largest absolute Gasteiger partial charge is 0.441 e. The molecule has 3 heterocycles. The van der Waals surface area contributed by atoms with Crippen LogP contribution in [0.25, 0.3) is 22.2 Å². The van der Waals surface area contributed by atoms with E-state index in [1.54, 1.807) is 0 Å². The lowest BCUT2D eigenvalue weighted by atomic mass is 10.2. The molecule has 0 spiro atoms. The fourth-order valence-electron chi connectivity index (χ4n) is 2.85. The summed E-state index contributed by atoms with van der Waals surface area (Å²) in [6.07, 6.45) is 4.07. The lowest BCUT2D eigenvalue weighted by molar-refractivity contribution is 0.560. The zero-order valence-electron chi connectivity index (χ0n) is 19.9. The number of hydrogen-bond acceptors (Lipinski definition) is 5. The van der Waals surface area contributed by atoms with Crippen molar-refractivity contribution in [1.29, 1.82) is 0 Å². The van der Waals surface area contributed by atoms with Crippen molar-refractivity contribution in [2.75, 3.05) is 0 Å². The molecule has 32 heavy (non-hydrogen) atoms. The van der Waals surface area contributed by atoms with E-state index in [2.05, 4.69) is 40.9 Å². The van der Waals surface area contributed by atoms with Gasteiger partial charge >= 0.3 is 0 Å². The first-order valence-corrected chi connectivity index (χ1v) is 11.2. The Bertz CT molecular complexity index is 1030. The topological polar surface area (TPSA) is 65.0 Å². The van der Waals surface area contributed by atoms with E-state index in [-0.39, 0.29) is 0 Å². The number of pyridine rings is 1. The maximum Gasteiger partial charge on any atom is 0.192 e. The maximum atomic E-state index is 5.26. The second-order valence-corrected chi connectivity index (χ2v) is 6.77. The van der Waals surface area contributed by atoms with Crippen molar-refractivity contribution in [2.24, 2.45) is 0 Å². The van der Waals surface area contributed by atoms with Gasteiger partial charge in [0.25, 0.3) is 0 Å². The summed E-state index contributed by atoms with van der Waals surface area (Å²) < 4.78 is 10.5. The summed E-state index contributed by atoms with van der Waals surface area (Å²) in [5.41, 5.74) is 6.08. The third-order valence-corrected chi connectivity index (χ3v) is 4.46. The molecule has 3 aromatic heterocycles. The van der Waals surface area contributed by atoms with E-state index in [1.807, 2.05) is 82.4 Å². The van der Waals surface area contributed by atoms with Crippen LogP contribution in [0.1, 0.15) is 50.7 Å². The van der Waals surface area contributed by atoms with Crippen LogP contribution in [0.4, 0.5) is 0 Å². The summed E-state index contributed by atoms with van der Waals surface area (Å²) in [4.78, 5) is 12.6. The number of aryl methyl sites for hydroxylation is 4. The van der Waals surface area contributed by atoms with Crippen LogP contribution in [-0.4, -0.2) is 15.0 Å². The number of oxazole rings is 2. The molecule has 5 aromatic rings. The van der Waals surface area contributed by atoms with E-state index >= 15 is 0 Å². The van der Waals surface area contributed by atoms with E-state index in [0.29, 0.717) is 0 Å². The molecule has 0 fully saturated rings. The lowest BCUT2D eigenvalue weighted by Gasteiger charge is -1.96. The van der Waals surface area contributed by atoms with Crippen LogP contribution in [-0.2, 0) is 12.8 Å². The molecule has 168 valence electrons. The molecule has 0 bridgehead atoms. The minimum Gasteiger partial charge on any atom is -0.441 e. The number of nitrogens with zero attached hydrogens (tertiary/aromatic N) is 3. The van der Waals surface area contributed by atoms with Crippen molar-refractivity contribution in [3.63, 3.8) is 0 Å². The summed E-state index contributed by atoms with van der Waals surface area (Å²) in [5.74, 6) is 1.45. The van der Waals surface area contributed by atoms with Gasteiger partial charge in [0.2, 0.25) is 0 Å². The molecular weight excluding hydrogens is 398 g/mol. The monoisotopic (exact) mass is 431 g/mol. The molecule has 0 radical (unpaired) electrons. The summed E-state index contributed by atoms with van der Waals surface area (Å²) in [7, 11) is 0. The van der Waals surface area contributed by atoms with Crippen LogP contribution >= 0.6 is 0 Å². The van der Waals surface area contributed by atoms with Crippen molar-refractivity contribution in [3.8, 4) is 0 Å². The normalized spacial score (nSPS) is 9.81. The van der Waals surface area contributed by atoms with Crippen LogP contribution in [0.3, 0.4) is 0 Å². The van der Waals surface area contributed by atoms with Crippen molar-refractivity contribution in [2.45, 2.75) is 54.4 Å². The molecule has 5 heteroatoms. The summed E-state index contributed by atoms with van der Waals surface area (Å²) in [5, 5.41) is 0. The molecule has 0 saturated heterocycles. The number of para-hydroxylation sites is 4. The molecule has 2 aromatic carbocycles. The zero-order chi connectivity index (χ0) is 23.3. The van der Waals surface area contributed by atoms with Crippen LogP contribution in [0.15, 0.2) is 75.7 Å². The second kappa shape index (κ2) is 13.1. The number of benzene rings is 2. The standard InChI is InChI=1S/C9H13N.2C8H7NO.C2H6/c1-3-8-5-6-9(4-2)10-7-8;2*1-6-9-7-4-2-3-5-8(7)10-6;1-2/h5-7H,3-4H2,1-2H3;2*2-5H,1H3;1-2H3. The molecule has 5 nitrogen and oxygen atoms in total. The molecule has 0 amide bonds. The lowest BCUT2D eigenvalue weighted by Crippen LogP contribution is -1.87. The van der Waals surface area contributed by atoms with Crippen molar-refractivity contribution in [1.82, 2.24) is 15.0 Å². The van der Waals surface area contributed by atoms with E-state index in [1.165, 1.54) is 11.3 Å². The Balaban J connectivity index is 0.000000164. The molecular formula is C27H33N3O2. The van der Waals surface area contributed by atoms with E-state index in [4.69, 9.17) is 8.83 Å². The maximum absolute atomic E-state index is 5.26. The van der Waals surface area contributed by atoms with Gasteiger partial charge in [0.1, 0.15) is 11.0 Å². The zero-order valence-corrected chi connectivity index (χ0v) is 19.9. The summed E-state index contributed by atoms with van der Waals surface area (Å²) in [6.45, 7) is 12.0. The smallest absolute Gasteiger partial charge is 0.192 e. The fraction of sp³-hybridized carbons (Fsp3) is 0.296. The molecule has 0 aliphatic carbocycles. The predicted octanol–water partition coefficient (Wildman–Crippen LogP) is 7.51. The van der Waals surface area contributed by atoms with Gasteiger partial charge in [-0.05, 0) is 48.7 Å². The average molecular weight is 432 g/mol. The Morgan fingerprint density at radius 1 is 0.656 bits per heavy atom. The average Bonchev–Trinajstić information content (AvgIpc) is 3.41. The van der Waals surface area contributed by atoms with Gasteiger partial charge in [-0.1, -0.05) is 58.0 Å². The van der Waals surface area contributed by atoms with Crippen LogP contribution < -0.4 is 0 Å². The SMILES string of the molecule is CC.CCc1ccc(CC)nc1.Cc1nc2ccccc2o1.Cc1nc2ccccc2o1. The highest BCUT2D eigenvalue weighted by Crippen LogP contribution is 2.13. The Kier molecular flexibility index (Phi) is 10.1. The number of hydrogen-bond donors (Lipinski definition) is 0. The van der Waals surface area contributed by atoms with Crippen LogP contribution in [0.2, 0.25) is 0 Å². The quantitative estimate of drug-likeness (QED) is 0.289. The minimum atomic E-state index is 0.723. The molecule has 0 aliphatic heterocycles. The first-order valence-electron chi connectivity index (χ1n) is 11.2. The number of aromatic nitrogens is 3. The predicted molar refractivity (Wildman–Crippen MR) is 132 cm³/mol. The van der Waals surface area contributed by atoms with Crippen LogP contribution in [0.5, 0.6) is 0 Å². The highest BCUT2D eigenvalue weighted by atomic mass is 16.3. The fourth-order valence-corrected chi connectivity index (χ4v) is 2.85. The Morgan fingerprint density at radius 2 is 1.16 bits per heavy atom. The molecule has 0 unspecified atom stereocenters. The molecule has 0 aliphatic rings. The van der Waals surface area contributed by atoms with Gasteiger partial charge in [0.15, 0.2) is 22.9 Å². The molecule has 0 N–H and O–H groups in total. The van der Waals surface area contributed by atoms with Gasteiger partial charge in [-0.25, -0.2) is 9.97 Å². The van der Waals surface area contributed by atoms with E-state index in [0.717, 1.165) is 46.8 Å². The van der Waals surface area contributed by atoms with Gasteiger partial charge in [-0.15, -0.1) is 0 Å². The van der Waals surface area contributed by atoms with E-state index in [9.17, 15) is 0 Å². The Labute approximate surface area is 190 Å². The second-order valence-electron chi connectivity index (χ2n) is 6.77. The molecule has 0 saturated carbocycles. The third-order valence-electron chi connectivity index (χ3n) is 4.46. The van der Waals surface area contributed by atoms with Gasteiger partial charge in [0, 0.05) is 25.7 Å². The summed E-state index contributed by atoms with van der Waals surface area (Å²) in [6, 6.07) is 19.7. The highest BCUT2D eigenvalue weighted by Gasteiger charge is 1.98. The minimum absolute atomic E-state index is 0.723. The number of rotatable bonds is 2. The van der Waals surface area contributed by atoms with Gasteiger partial charge in [0.05, 0.1) is 0 Å². The van der Waals surface area contributed by atoms with Gasteiger partial charge < -0.3 is 8.83 Å². The van der Waals surface area contributed by atoms with Crippen molar-refractivity contribution >= 4 is 22.2 Å². The number of fused-ring (bicyclic) bond motifs is 2. The highest BCUT2D eigenvalue weighted by molar-refractivity contribution is 5.72. The third kappa shape index (κ3) is 7.34. The van der Waals surface area contributed by atoms with E-state index < -0.39 is 0 Å². The van der Waals surface area contributed by atoms with Crippen LogP contribution in [0, 0.1) is 13.8 Å². The van der Waals surface area contributed by atoms with Gasteiger partial charge in [-0.2, -0.15) is 0 Å². The summed E-state index contributed by atoms with van der Waals surface area (Å²) >= 11 is 0. The first kappa shape index (κ1) is 24.8. The Hall–Kier alpha value is -3.47. The first-order chi connectivity index (χ1) is 15.6. The Morgan fingerprint density at radius 3 is 1.53 bits per heavy atom. The molecule has 5 rings (SSSR count). The van der Waals surface area contributed by atoms with Crippen molar-refractivity contribution in [3.05, 3.63) is 89.9 Å². The van der Waals surface area contributed by atoms with Gasteiger partial charge in [-0.3, -0.25) is 4.98 Å². The molecule has 0 atom stereocenters.